The van der Waals surface area contributed by atoms with Crippen molar-refractivity contribution in [3.63, 3.8) is 0 Å². The molecule has 0 bridgehead atoms. The van der Waals surface area contributed by atoms with Crippen LogP contribution in [0.5, 0.6) is 0 Å². The predicted octanol–water partition coefficient (Wildman–Crippen LogP) is 4.44. The molecule has 2 aliphatic carbocycles. The molecule has 1 aromatic heterocycles. The van der Waals surface area contributed by atoms with Crippen molar-refractivity contribution in [1.29, 1.82) is 0 Å². The van der Waals surface area contributed by atoms with Crippen LogP contribution in [0.3, 0.4) is 0 Å². The molecule has 2 saturated carbocycles. The maximum absolute atomic E-state index is 4.57. The highest BCUT2D eigenvalue weighted by molar-refractivity contribution is 5.81. The fourth-order valence-electron chi connectivity index (χ4n) is 4.41. The Balaban J connectivity index is 1.49. The van der Waals surface area contributed by atoms with Gasteiger partial charge in [-0.3, -0.25) is 4.98 Å². The summed E-state index contributed by atoms with van der Waals surface area (Å²) in [5.41, 5.74) is 3.13. The zero-order valence-corrected chi connectivity index (χ0v) is 12.6. The Bertz CT molecular complexity index is 623. The van der Waals surface area contributed by atoms with E-state index in [0.717, 1.165) is 18.1 Å². The Hall–Kier alpha value is -1.41. The Kier molecular flexibility index (Phi) is 3.42. The third kappa shape index (κ3) is 2.36. The lowest BCUT2D eigenvalue weighted by Crippen LogP contribution is -2.53. The van der Waals surface area contributed by atoms with Crippen molar-refractivity contribution in [2.24, 2.45) is 5.41 Å². The van der Waals surface area contributed by atoms with Crippen LogP contribution in [0.1, 0.15) is 50.5 Å². The van der Waals surface area contributed by atoms with E-state index in [2.05, 4.69) is 34.6 Å². The molecule has 2 nitrogen and oxygen atoms in total. The van der Waals surface area contributed by atoms with Crippen LogP contribution in [0.4, 0.5) is 0 Å². The molecule has 2 fully saturated rings. The zero-order chi connectivity index (χ0) is 14.1. The topological polar surface area (TPSA) is 24.9 Å². The average molecular weight is 280 g/mol. The second kappa shape index (κ2) is 5.42. The summed E-state index contributed by atoms with van der Waals surface area (Å²) in [5.74, 6) is 0. The van der Waals surface area contributed by atoms with Gasteiger partial charge in [0.25, 0.3) is 0 Å². The number of nitrogens with one attached hydrogen (secondary N) is 1. The van der Waals surface area contributed by atoms with Gasteiger partial charge in [-0.15, -0.1) is 0 Å². The molecule has 0 radical (unpaired) electrons. The smallest absolute Gasteiger partial charge is 0.0746 e. The van der Waals surface area contributed by atoms with Gasteiger partial charge in [-0.25, -0.2) is 0 Å². The number of hydrogen-bond donors (Lipinski definition) is 1. The number of aromatic nitrogens is 1. The summed E-state index contributed by atoms with van der Waals surface area (Å²) in [4.78, 5) is 4.57. The molecule has 21 heavy (non-hydrogen) atoms. The zero-order valence-electron chi connectivity index (χ0n) is 12.6. The van der Waals surface area contributed by atoms with Gasteiger partial charge < -0.3 is 5.32 Å². The van der Waals surface area contributed by atoms with Crippen LogP contribution in [0.25, 0.3) is 10.9 Å². The van der Waals surface area contributed by atoms with Gasteiger partial charge in [-0.2, -0.15) is 0 Å². The fourth-order valence-corrected chi connectivity index (χ4v) is 4.41. The van der Waals surface area contributed by atoms with Crippen LogP contribution in [-0.4, -0.2) is 11.0 Å². The first kappa shape index (κ1) is 13.3. The summed E-state index contributed by atoms with van der Waals surface area (Å²) in [7, 11) is 0. The van der Waals surface area contributed by atoms with Crippen molar-refractivity contribution < 1.29 is 0 Å². The lowest BCUT2D eigenvalue weighted by atomic mass is 9.57. The summed E-state index contributed by atoms with van der Waals surface area (Å²) < 4.78 is 0. The fraction of sp³-hybridized carbons (Fsp3) is 0.526. The van der Waals surface area contributed by atoms with E-state index >= 15 is 0 Å². The van der Waals surface area contributed by atoms with E-state index in [1.165, 1.54) is 55.9 Å². The highest BCUT2D eigenvalue weighted by Crippen LogP contribution is 2.51. The molecule has 110 valence electrons. The molecular formula is C19H24N2. The Morgan fingerprint density at radius 3 is 2.71 bits per heavy atom. The molecule has 1 N–H and O–H groups in total. The van der Waals surface area contributed by atoms with Gasteiger partial charge in [-0.1, -0.05) is 43.5 Å². The summed E-state index contributed by atoms with van der Waals surface area (Å²) in [5, 5.41) is 5.10. The van der Waals surface area contributed by atoms with Gasteiger partial charge >= 0.3 is 0 Å². The quantitative estimate of drug-likeness (QED) is 0.899. The monoisotopic (exact) mass is 280 g/mol. The van der Waals surface area contributed by atoms with Crippen molar-refractivity contribution in [1.82, 2.24) is 10.3 Å². The van der Waals surface area contributed by atoms with E-state index in [4.69, 9.17) is 0 Å². The number of benzene rings is 1. The summed E-state index contributed by atoms with van der Waals surface area (Å²) >= 11 is 0. The second-order valence-corrected chi connectivity index (χ2v) is 6.89. The molecule has 2 aliphatic rings. The second-order valence-electron chi connectivity index (χ2n) is 6.89. The average Bonchev–Trinajstić information content (AvgIpc) is 2.55. The van der Waals surface area contributed by atoms with Crippen LogP contribution in [0, 0.1) is 5.41 Å². The Morgan fingerprint density at radius 2 is 1.90 bits per heavy atom. The third-order valence-corrected chi connectivity index (χ3v) is 5.77. The SMILES string of the molecule is c1cnc2c(CNC3CCC34CCCCC4)cccc2c1. The molecule has 0 aliphatic heterocycles. The van der Waals surface area contributed by atoms with Gasteiger partial charge in [0.1, 0.15) is 0 Å². The molecule has 1 unspecified atom stereocenters. The van der Waals surface area contributed by atoms with Crippen LogP contribution in [0.2, 0.25) is 0 Å². The minimum absolute atomic E-state index is 0.635. The van der Waals surface area contributed by atoms with Gasteiger partial charge in [0, 0.05) is 24.2 Å². The van der Waals surface area contributed by atoms with Gasteiger partial charge in [0.15, 0.2) is 0 Å². The van der Waals surface area contributed by atoms with E-state index < -0.39 is 0 Å². The van der Waals surface area contributed by atoms with E-state index in [0.29, 0.717) is 5.41 Å². The van der Waals surface area contributed by atoms with Gasteiger partial charge in [0.05, 0.1) is 5.52 Å². The number of pyridine rings is 1. The van der Waals surface area contributed by atoms with Crippen LogP contribution in [0.15, 0.2) is 36.5 Å². The third-order valence-electron chi connectivity index (χ3n) is 5.77. The normalized spacial score (nSPS) is 24.1. The Labute approximate surface area is 127 Å². The maximum Gasteiger partial charge on any atom is 0.0746 e. The molecule has 1 aromatic carbocycles. The first-order valence-electron chi connectivity index (χ1n) is 8.43. The summed E-state index contributed by atoms with van der Waals surface area (Å²) in [6, 6.07) is 11.4. The number of rotatable bonds is 3. The van der Waals surface area contributed by atoms with E-state index in [1.807, 2.05) is 12.3 Å². The lowest BCUT2D eigenvalue weighted by Gasteiger charge is -2.52. The van der Waals surface area contributed by atoms with Gasteiger partial charge in [0.2, 0.25) is 0 Å². The first-order valence-corrected chi connectivity index (χ1v) is 8.43. The predicted molar refractivity (Wildman–Crippen MR) is 87.1 cm³/mol. The highest BCUT2D eigenvalue weighted by Gasteiger charge is 2.46. The molecule has 2 aromatic rings. The lowest BCUT2D eigenvalue weighted by molar-refractivity contribution is 0.0222. The van der Waals surface area contributed by atoms with Crippen molar-refractivity contribution in [3.05, 3.63) is 42.1 Å². The number of hydrogen-bond acceptors (Lipinski definition) is 2. The largest absolute Gasteiger partial charge is 0.309 e. The highest BCUT2D eigenvalue weighted by atomic mass is 15.0. The minimum atomic E-state index is 0.635. The van der Waals surface area contributed by atoms with Gasteiger partial charge in [-0.05, 0) is 42.7 Å². The molecule has 2 heteroatoms. The van der Waals surface area contributed by atoms with Crippen LogP contribution in [-0.2, 0) is 6.54 Å². The molecule has 0 saturated heterocycles. The van der Waals surface area contributed by atoms with Crippen molar-refractivity contribution in [2.45, 2.75) is 57.5 Å². The summed E-state index contributed by atoms with van der Waals surface area (Å²) in [6.45, 7) is 0.959. The molecular weight excluding hydrogens is 256 g/mol. The number of nitrogens with zero attached hydrogens (tertiary/aromatic N) is 1. The standard InChI is InChI=1S/C19H24N2/c1-2-10-19(11-3-1)12-9-17(19)21-14-16-7-4-6-15-8-5-13-20-18(15)16/h4-8,13,17,21H,1-3,9-12,14H2. The Morgan fingerprint density at radius 1 is 1.05 bits per heavy atom. The van der Waals surface area contributed by atoms with E-state index in [1.54, 1.807) is 0 Å². The van der Waals surface area contributed by atoms with Crippen molar-refractivity contribution >= 4 is 10.9 Å². The van der Waals surface area contributed by atoms with E-state index in [9.17, 15) is 0 Å². The molecule has 1 heterocycles. The summed E-state index contributed by atoms with van der Waals surface area (Å²) in [6.07, 6.45) is 11.9. The molecule has 0 amide bonds. The molecule has 4 rings (SSSR count). The molecule has 1 spiro atoms. The van der Waals surface area contributed by atoms with Crippen molar-refractivity contribution in [3.8, 4) is 0 Å². The van der Waals surface area contributed by atoms with Crippen LogP contribution < -0.4 is 5.32 Å². The molecule has 1 atom stereocenters. The maximum atomic E-state index is 4.57. The first-order chi connectivity index (χ1) is 10.4. The number of para-hydroxylation sites is 1. The minimum Gasteiger partial charge on any atom is -0.309 e. The van der Waals surface area contributed by atoms with E-state index in [-0.39, 0.29) is 0 Å². The number of fused-ring (bicyclic) bond motifs is 1. The van der Waals surface area contributed by atoms with Crippen molar-refractivity contribution in [2.75, 3.05) is 0 Å². The van der Waals surface area contributed by atoms with Crippen LogP contribution >= 0.6 is 0 Å².